The van der Waals surface area contributed by atoms with Gasteiger partial charge in [-0.2, -0.15) is 0 Å². The van der Waals surface area contributed by atoms with E-state index < -0.39 is 0 Å². The van der Waals surface area contributed by atoms with E-state index in [-0.39, 0.29) is 30.0 Å². The summed E-state index contributed by atoms with van der Waals surface area (Å²) in [5.74, 6) is 0.797. The van der Waals surface area contributed by atoms with Gasteiger partial charge in [-0.25, -0.2) is 0 Å². The van der Waals surface area contributed by atoms with Crippen molar-refractivity contribution in [2.24, 2.45) is 4.99 Å². The molecule has 148 valence electrons. The van der Waals surface area contributed by atoms with Crippen LogP contribution in [0, 0.1) is 0 Å². The fourth-order valence-corrected chi connectivity index (χ4v) is 2.93. The van der Waals surface area contributed by atoms with E-state index >= 15 is 0 Å². The van der Waals surface area contributed by atoms with Crippen molar-refractivity contribution < 1.29 is 4.74 Å². The Kier molecular flexibility index (Phi) is 11.1. The summed E-state index contributed by atoms with van der Waals surface area (Å²) in [5.41, 5.74) is 2.63. The van der Waals surface area contributed by atoms with Gasteiger partial charge in [-0.1, -0.05) is 24.3 Å². The molecule has 2 N–H and O–H groups in total. The van der Waals surface area contributed by atoms with Crippen LogP contribution in [0.5, 0.6) is 0 Å². The van der Waals surface area contributed by atoms with E-state index in [1.807, 2.05) is 0 Å². The second-order valence-electron chi connectivity index (χ2n) is 6.82. The summed E-state index contributed by atoms with van der Waals surface area (Å²) in [4.78, 5) is 9.17. The van der Waals surface area contributed by atoms with Gasteiger partial charge >= 0.3 is 0 Å². The van der Waals surface area contributed by atoms with Crippen molar-refractivity contribution in [3.05, 3.63) is 35.4 Å². The molecule has 0 aliphatic carbocycles. The monoisotopic (exact) mass is 475 g/mol. The van der Waals surface area contributed by atoms with E-state index in [0.29, 0.717) is 6.61 Å². The SMILES string of the molecule is CN=C(NCc1ccc(CN2CCN(C)CC2)cc1)NC(C)COC.I. The molecule has 1 fully saturated rings. The molecule has 7 heteroatoms. The van der Waals surface area contributed by atoms with Crippen LogP contribution in [0.15, 0.2) is 29.3 Å². The summed E-state index contributed by atoms with van der Waals surface area (Å²) in [6, 6.07) is 9.09. The number of nitrogens with one attached hydrogen (secondary N) is 2. The van der Waals surface area contributed by atoms with E-state index in [2.05, 4.69) is 63.7 Å². The fourth-order valence-electron chi connectivity index (χ4n) is 2.93. The molecule has 6 nitrogen and oxygen atoms in total. The highest BCUT2D eigenvalue weighted by Crippen LogP contribution is 2.09. The molecule has 1 aromatic carbocycles. The third-order valence-electron chi connectivity index (χ3n) is 4.51. The normalized spacial score (nSPS) is 17.5. The molecule has 1 heterocycles. The van der Waals surface area contributed by atoms with Crippen molar-refractivity contribution in [2.75, 3.05) is 54.0 Å². The molecule has 0 saturated carbocycles. The Morgan fingerprint density at radius 2 is 1.77 bits per heavy atom. The van der Waals surface area contributed by atoms with Gasteiger partial charge in [-0.3, -0.25) is 9.89 Å². The number of ether oxygens (including phenoxy) is 1. The number of rotatable bonds is 7. The highest BCUT2D eigenvalue weighted by atomic mass is 127. The molecule has 2 rings (SSSR count). The topological polar surface area (TPSA) is 52.1 Å². The van der Waals surface area contributed by atoms with E-state index in [1.54, 1.807) is 14.2 Å². The molecule has 1 aliphatic rings. The van der Waals surface area contributed by atoms with E-state index in [1.165, 1.54) is 11.1 Å². The van der Waals surface area contributed by atoms with Crippen molar-refractivity contribution >= 4 is 29.9 Å². The second-order valence-corrected chi connectivity index (χ2v) is 6.82. The van der Waals surface area contributed by atoms with E-state index in [0.717, 1.165) is 45.2 Å². The van der Waals surface area contributed by atoms with Gasteiger partial charge in [0.1, 0.15) is 0 Å². The van der Waals surface area contributed by atoms with Crippen LogP contribution in [0.25, 0.3) is 0 Å². The summed E-state index contributed by atoms with van der Waals surface area (Å²) in [6.07, 6.45) is 0. The minimum Gasteiger partial charge on any atom is -0.383 e. The third-order valence-corrected chi connectivity index (χ3v) is 4.51. The number of benzene rings is 1. The van der Waals surface area contributed by atoms with Crippen molar-refractivity contribution in [3.63, 3.8) is 0 Å². The number of aliphatic imine (C=N–C) groups is 1. The van der Waals surface area contributed by atoms with Gasteiger partial charge in [-0.05, 0) is 25.1 Å². The maximum Gasteiger partial charge on any atom is 0.191 e. The lowest BCUT2D eigenvalue weighted by molar-refractivity contribution is 0.148. The number of hydrogen-bond donors (Lipinski definition) is 2. The number of halogens is 1. The number of nitrogens with zero attached hydrogens (tertiary/aromatic N) is 3. The Labute approximate surface area is 175 Å². The Hall–Kier alpha value is -0.900. The van der Waals surface area contributed by atoms with Crippen LogP contribution in [0.3, 0.4) is 0 Å². The quantitative estimate of drug-likeness (QED) is 0.358. The van der Waals surface area contributed by atoms with Crippen LogP contribution in [0.4, 0.5) is 0 Å². The highest BCUT2D eigenvalue weighted by Gasteiger charge is 2.13. The van der Waals surface area contributed by atoms with Gasteiger partial charge in [0, 0.05) is 59.5 Å². The maximum atomic E-state index is 5.14. The average Bonchev–Trinajstić information content (AvgIpc) is 2.62. The molecule has 1 aromatic rings. The summed E-state index contributed by atoms with van der Waals surface area (Å²) < 4.78 is 5.14. The Balaban J connectivity index is 0.00000338. The first-order valence-electron chi connectivity index (χ1n) is 9.05. The molecule has 0 radical (unpaired) electrons. The van der Waals surface area contributed by atoms with Gasteiger partial charge < -0.3 is 20.3 Å². The lowest BCUT2D eigenvalue weighted by Gasteiger charge is -2.32. The fraction of sp³-hybridized carbons (Fsp3) is 0.632. The predicted octanol–water partition coefficient (Wildman–Crippen LogP) is 1.75. The summed E-state index contributed by atoms with van der Waals surface area (Å²) in [6.45, 7) is 9.16. The van der Waals surface area contributed by atoms with Crippen molar-refractivity contribution in [1.82, 2.24) is 20.4 Å². The average molecular weight is 475 g/mol. The first kappa shape index (κ1) is 23.1. The summed E-state index contributed by atoms with van der Waals surface area (Å²) >= 11 is 0. The lowest BCUT2D eigenvalue weighted by atomic mass is 10.1. The van der Waals surface area contributed by atoms with Gasteiger partial charge in [0.15, 0.2) is 5.96 Å². The molecular formula is C19H34IN5O. The van der Waals surface area contributed by atoms with Crippen molar-refractivity contribution in [1.29, 1.82) is 0 Å². The molecule has 0 spiro atoms. The molecule has 1 unspecified atom stereocenters. The molecule has 0 amide bonds. The highest BCUT2D eigenvalue weighted by molar-refractivity contribution is 14.0. The molecule has 0 bridgehead atoms. The van der Waals surface area contributed by atoms with Crippen molar-refractivity contribution in [3.8, 4) is 0 Å². The van der Waals surface area contributed by atoms with Crippen LogP contribution < -0.4 is 10.6 Å². The van der Waals surface area contributed by atoms with E-state index in [4.69, 9.17) is 4.74 Å². The maximum absolute atomic E-state index is 5.14. The Morgan fingerprint density at radius 3 is 2.35 bits per heavy atom. The van der Waals surface area contributed by atoms with Crippen LogP contribution in [-0.4, -0.2) is 75.8 Å². The number of likely N-dealkylation sites (N-methyl/N-ethyl adjacent to an activating group) is 1. The number of piperazine rings is 1. The first-order valence-corrected chi connectivity index (χ1v) is 9.05. The summed E-state index contributed by atoms with van der Waals surface area (Å²) in [7, 11) is 5.68. The molecule has 1 saturated heterocycles. The smallest absolute Gasteiger partial charge is 0.191 e. The van der Waals surface area contributed by atoms with Gasteiger partial charge in [0.05, 0.1) is 6.61 Å². The Bertz CT molecular complexity index is 529. The Morgan fingerprint density at radius 1 is 1.15 bits per heavy atom. The van der Waals surface area contributed by atoms with Crippen LogP contribution >= 0.6 is 24.0 Å². The third kappa shape index (κ3) is 8.20. The molecule has 0 aromatic heterocycles. The second kappa shape index (κ2) is 12.5. The number of hydrogen-bond acceptors (Lipinski definition) is 4. The molecule has 1 atom stereocenters. The zero-order chi connectivity index (χ0) is 18.1. The lowest BCUT2D eigenvalue weighted by Crippen LogP contribution is -2.44. The van der Waals surface area contributed by atoms with Gasteiger partial charge in [0.2, 0.25) is 0 Å². The minimum absolute atomic E-state index is 0. The molecule has 1 aliphatic heterocycles. The number of methoxy groups -OCH3 is 1. The predicted molar refractivity (Wildman–Crippen MR) is 119 cm³/mol. The number of guanidine groups is 1. The summed E-state index contributed by atoms with van der Waals surface area (Å²) in [5, 5.41) is 6.66. The van der Waals surface area contributed by atoms with Gasteiger partial charge in [-0.15, -0.1) is 24.0 Å². The largest absolute Gasteiger partial charge is 0.383 e. The van der Waals surface area contributed by atoms with Crippen LogP contribution in [0.1, 0.15) is 18.1 Å². The standard InChI is InChI=1S/C19H33N5O.HI/c1-16(15-25-4)22-19(20-2)21-13-17-5-7-18(8-6-17)14-24-11-9-23(3)10-12-24;/h5-8,16H,9-15H2,1-4H3,(H2,20,21,22);1H. The van der Waals surface area contributed by atoms with Crippen LogP contribution in [-0.2, 0) is 17.8 Å². The molecule has 26 heavy (non-hydrogen) atoms. The van der Waals surface area contributed by atoms with Crippen LogP contribution in [0.2, 0.25) is 0 Å². The zero-order valence-corrected chi connectivity index (χ0v) is 18.8. The minimum atomic E-state index is 0. The first-order chi connectivity index (χ1) is 12.1. The zero-order valence-electron chi connectivity index (χ0n) is 16.5. The molecular weight excluding hydrogens is 441 g/mol. The van der Waals surface area contributed by atoms with E-state index in [9.17, 15) is 0 Å². The van der Waals surface area contributed by atoms with Gasteiger partial charge in [0.25, 0.3) is 0 Å². The van der Waals surface area contributed by atoms with Crippen molar-refractivity contribution in [2.45, 2.75) is 26.1 Å².